The van der Waals surface area contributed by atoms with Crippen LogP contribution >= 0.6 is 0 Å². The van der Waals surface area contributed by atoms with E-state index >= 15 is 0 Å². The van der Waals surface area contributed by atoms with Crippen LogP contribution in [0, 0.1) is 0 Å². The lowest BCUT2D eigenvalue weighted by molar-refractivity contribution is -0.903. The predicted octanol–water partition coefficient (Wildman–Crippen LogP) is 5.72. The maximum Gasteiger partial charge on any atom is 0.336 e. The zero-order valence-electron chi connectivity index (χ0n) is 23.2. The van der Waals surface area contributed by atoms with Crippen LogP contribution in [-0.2, 0) is 20.9 Å². The number of aliphatic carboxylic acids is 3. The molecule has 0 aliphatic heterocycles. The smallest absolute Gasteiger partial charge is 0.336 e. The van der Waals surface area contributed by atoms with E-state index in [9.17, 15) is 14.4 Å². The Hall–Kier alpha value is -2.45. The second-order valence-electron chi connectivity index (χ2n) is 10.7. The van der Waals surface area contributed by atoms with Crippen molar-refractivity contribution in [3.63, 3.8) is 0 Å². The van der Waals surface area contributed by atoms with Gasteiger partial charge in [0.15, 0.2) is 5.60 Å². The average molecular weight is 525 g/mol. The molecule has 8 nitrogen and oxygen atoms in total. The number of unbranched alkanes of at least 4 members (excludes halogenated alkanes) is 11. The van der Waals surface area contributed by atoms with E-state index in [0.717, 1.165) is 11.0 Å². The molecule has 0 aliphatic carbocycles. The summed E-state index contributed by atoms with van der Waals surface area (Å²) in [4.78, 5) is 30.5. The summed E-state index contributed by atoms with van der Waals surface area (Å²) in [5.41, 5.74) is -1.28. The van der Waals surface area contributed by atoms with Crippen molar-refractivity contribution in [1.82, 2.24) is 0 Å². The van der Waals surface area contributed by atoms with E-state index in [1.807, 2.05) is 0 Å². The first-order chi connectivity index (χ1) is 17.4. The molecule has 0 aliphatic rings. The summed E-state index contributed by atoms with van der Waals surface area (Å²) in [5, 5.41) is 33.8. The molecule has 0 spiro atoms. The van der Waals surface area contributed by atoms with E-state index in [4.69, 9.17) is 20.4 Å². The van der Waals surface area contributed by atoms with Gasteiger partial charge in [0.05, 0.1) is 33.5 Å². The minimum Gasteiger partial charge on any atom is -0.481 e. The van der Waals surface area contributed by atoms with Crippen LogP contribution in [-0.4, -0.2) is 69.1 Å². The molecular weight excluding hydrogens is 474 g/mol. The van der Waals surface area contributed by atoms with Crippen molar-refractivity contribution < 1.29 is 39.3 Å². The number of aliphatic hydroxyl groups is 1. The first kappa shape index (κ1) is 34.6. The SMILES string of the molecule is CCCCCCCCCCCCCC[N+](C)(C)Cc1ccccc1.O=C(O)CC(O)(CC(=O)O)C(=O)O. The Morgan fingerprint density at radius 1 is 0.703 bits per heavy atom. The Kier molecular flexibility index (Phi) is 18.3. The van der Waals surface area contributed by atoms with Crippen LogP contribution in [0.15, 0.2) is 30.3 Å². The Morgan fingerprint density at radius 3 is 1.49 bits per heavy atom. The number of hydrogen-bond acceptors (Lipinski definition) is 4. The van der Waals surface area contributed by atoms with Crippen molar-refractivity contribution in [3.05, 3.63) is 35.9 Å². The maximum atomic E-state index is 10.3. The second kappa shape index (κ2) is 19.6. The third-order valence-corrected chi connectivity index (χ3v) is 6.36. The fourth-order valence-electron chi connectivity index (χ4n) is 4.25. The van der Waals surface area contributed by atoms with Crippen LogP contribution in [0.25, 0.3) is 0 Å². The van der Waals surface area contributed by atoms with E-state index < -0.39 is 36.4 Å². The molecule has 37 heavy (non-hydrogen) atoms. The van der Waals surface area contributed by atoms with E-state index in [1.54, 1.807) is 0 Å². The van der Waals surface area contributed by atoms with Gasteiger partial charge < -0.3 is 24.9 Å². The summed E-state index contributed by atoms with van der Waals surface area (Å²) < 4.78 is 1.11. The van der Waals surface area contributed by atoms with Crippen molar-refractivity contribution >= 4 is 17.9 Å². The molecular formula is C29H50NO7+. The molecule has 0 saturated heterocycles. The van der Waals surface area contributed by atoms with Crippen molar-refractivity contribution in [2.75, 3.05) is 20.6 Å². The molecule has 1 aromatic rings. The van der Waals surface area contributed by atoms with Gasteiger partial charge in [0.1, 0.15) is 6.54 Å². The molecule has 0 radical (unpaired) electrons. The number of hydrogen-bond donors (Lipinski definition) is 4. The van der Waals surface area contributed by atoms with Gasteiger partial charge in [0.2, 0.25) is 0 Å². The fraction of sp³-hybridized carbons (Fsp3) is 0.690. The maximum absolute atomic E-state index is 10.3. The van der Waals surface area contributed by atoms with Crippen LogP contribution in [0.3, 0.4) is 0 Å². The monoisotopic (exact) mass is 524 g/mol. The zero-order valence-corrected chi connectivity index (χ0v) is 23.2. The molecule has 0 bridgehead atoms. The first-order valence-electron chi connectivity index (χ1n) is 13.7. The van der Waals surface area contributed by atoms with Crippen LogP contribution < -0.4 is 0 Å². The van der Waals surface area contributed by atoms with Gasteiger partial charge in [-0.15, -0.1) is 0 Å². The van der Waals surface area contributed by atoms with E-state index in [1.165, 1.54) is 89.2 Å². The predicted molar refractivity (Wildman–Crippen MR) is 145 cm³/mol. The highest BCUT2D eigenvalue weighted by atomic mass is 16.4. The van der Waals surface area contributed by atoms with E-state index in [2.05, 4.69) is 51.4 Å². The summed E-state index contributed by atoms with van der Waals surface area (Å²) in [6.45, 7) is 4.74. The highest BCUT2D eigenvalue weighted by Gasteiger charge is 2.40. The molecule has 4 N–H and O–H groups in total. The Morgan fingerprint density at radius 2 is 1.11 bits per heavy atom. The number of rotatable bonds is 20. The normalized spacial score (nSPS) is 11.5. The average Bonchev–Trinajstić information content (AvgIpc) is 2.79. The highest BCUT2D eigenvalue weighted by molar-refractivity contribution is 5.88. The summed E-state index contributed by atoms with van der Waals surface area (Å²) in [7, 11) is 4.73. The summed E-state index contributed by atoms with van der Waals surface area (Å²) >= 11 is 0. The molecule has 0 atom stereocenters. The van der Waals surface area contributed by atoms with E-state index in [-0.39, 0.29) is 0 Å². The number of carboxylic acids is 3. The Bertz CT molecular complexity index is 749. The van der Waals surface area contributed by atoms with Crippen LogP contribution in [0.5, 0.6) is 0 Å². The second-order valence-corrected chi connectivity index (χ2v) is 10.7. The van der Waals surface area contributed by atoms with Crippen molar-refractivity contribution in [2.24, 2.45) is 0 Å². The number of carboxylic acid groups (broad SMARTS) is 3. The lowest BCUT2D eigenvalue weighted by Crippen LogP contribution is -2.42. The summed E-state index contributed by atoms with van der Waals surface area (Å²) in [6, 6.07) is 10.9. The van der Waals surface area contributed by atoms with Crippen LogP contribution in [0.4, 0.5) is 0 Å². The molecule has 0 fully saturated rings. The minimum absolute atomic E-state index is 1.11. The lowest BCUT2D eigenvalue weighted by Gasteiger charge is -2.30. The lowest BCUT2D eigenvalue weighted by atomic mass is 9.96. The summed E-state index contributed by atoms with van der Waals surface area (Å²) in [5.74, 6) is -5.02. The molecule has 0 amide bonds. The highest BCUT2D eigenvalue weighted by Crippen LogP contribution is 2.16. The zero-order chi connectivity index (χ0) is 28.2. The molecule has 0 aromatic heterocycles. The van der Waals surface area contributed by atoms with Gasteiger partial charge in [-0.3, -0.25) is 9.59 Å². The van der Waals surface area contributed by atoms with Crippen molar-refractivity contribution in [1.29, 1.82) is 0 Å². The van der Waals surface area contributed by atoms with Gasteiger partial charge in [0, 0.05) is 5.56 Å². The largest absolute Gasteiger partial charge is 0.481 e. The molecule has 1 rings (SSSR count). The van der Waals surface area contributed by atoms with Gasteiger partial charge >= 0.3 is 17.9 Å². The standard InChI is InChI=1S/C23H42N.C6H8O7/c1-4-5-6-7-8-9-10-11-12-13-14-18-21-24(2,3)22-23-19-16-15-17-20-23;7-3(8)1-6(13,5(11)12)2-4(9)10/h15-17,19-20H,4-14,18,21-22H2,1-3H3;13H,1-2H2,(H,7,8)(H,9,10)(H,11,12)/q+1;. The van der Waals surface area contributed by atoms with Crippen molar-refractivity contribution in [3.8, 4) is 0 Å². The van der Waals surface area contributed by atoms with Gasteiger partial charge in [-0.25, -0.2) is 4.79 Å². The third-order valence-electron chi connectivity index (χ3n) is 6.36. The van der Waals surface area contributed by atoms with E-state index in [0.29, 0.717) is 0 Å². The van der Waals surface area contributed by atoms with Gasteiger partial charge in [-0.2, -0.15) is 0 Å². The molecule has 8 heteroatoms. The quantitative estimate of drug-likeness (QED) is 0.127. The summed E-state index contributed by atoms with van der Waals surface area (Å²) in [6.07, 6.45) is 14.9. The Labute approximate surface area is 222 Å². The number of benzene rings is 1. The van der Waals surface area contributed by atoms with Gasteiger partial charge in [-0.1, -0.05) is 101 Å². The van der Waals surface area contributed by atoms with Gasteiger partial charge in [-0.05, 0) is 12.8 Å². The number of carbonyl (C=O) groups is 3. The minimum atomic E-state index is -2.74. The topological polar surface area (TPSA) is 132 Å². The number of nitrogens with zero attached hydrogens (tertiary/aromatic N) is 1. The molecule has 212 valence electrons. The molecule has 1 aromatic carbocycles. The third kappa shape index (κ3) is 19.3. The van der Waals surface area contributed by atoms with Crippen LogP contribution in [0.1, 0.15) is 102 Å². The van der Waals surface area contributed by atoms with Gasteiger partial charge in [0.25, 0.3) is 0 Å². The first-order valence-corrected chi connectivity index (χ1v) is 13.7. The van der Waals surface area contributed by atoms with Crippen LogP contribution in [0.2, 0.25) is 0 Å². The molecule has 0 heterocycles. The fourth-order valence-corrected chi connectivity index (χ4v) is 4.25. The molecule has 0 saturated carbocycles. The molecule has 0 unspecified atom stereocenters. The Balaban J connectivity index is 0.000000845. The number of quaternary nitrogens is 1. The van der Waals surface area contributed by atoms with Crippen molar-refractivity contribution in [2.45, 2.75) is 109 Å².